The van der Waals surface area contributed by atoms with Gasteiger partial charge in [0, 0.05) is 19.0 Å². The highest BCUT2D eigenvalue weighted by atomic mass is 16.5. The first kappa shape index (κ1) is 28.8. The molecule has 38 heavy (non-hydrogen) atoms. The Kier molecular flexibility index (Phi) is 9.61. The van der Waals surface area contributed by atoms with Crippen molar-refractivity contribution >= 4 is 17.5 Å². The molecular formula is C29H39N3O6. The van der Waals surface area contributed by atoms with Crippen LogP contribution >= 0.6 is 0 Å². The number of carbonyl (C=O) groups is 2. The fourth-order valence-electron chi connectivity index (χ4n) is 4.76. The number of ether oxygens (including phenoxy) is 3. The van der Waals surface area contributed by atoms with Crippen LogP contribution in [0.15, 0.2) is 29.1 Å². The molecule has 9 nitrogen and oxygen atoms in total. The monoisotopic (exact) mass is 525 g/mol. The predicted octanol–water partition coefficient (Wildman–Crippen LogP) is 3.83. The Morgan fingerprint density at radius 1 is 1.03 bits per heavy atom. The number of nitrogens with one attached hydrogen (secondary N) is 3. The maximum Gasteiger partial charge on any atom is 0.242 e. The average Bonchev–Trinajstić information content (AvgIpc) is 3.11. The maximum absolute atomic E-state index is 13.4. The minimum atomic E-state index is -0.616. The SMILES string of the molecule is COc1cc2c(c(OC)c1OC)-c1ccc(N[C@@H](C)C(=O)NCCC(C)C)c(=O)cc1[C@@H](NC(C)=O)CC2. The van der Waals surface area contributed by atoms with Crippen LogP contribution in [-0.2, 0) is 16.0 Å². The van der Waals surface area contributed by atoms with E-state index in [2.05, 4.69) is 29.8 Å². The van der Waals surface area contributed by atoms with Crippen molar-refractivity contribution in [2.75, 3.05) is 33.2 Å². The van der Waals surface area contributed by atoms with Crippen molar-refractivity contribution in [3.8, 4) is 28.4 Å². The van der Waals surface area contributed by atoms with Gasteiger partial charge in [-0.2, -0.15) is 0 Å². The van der Waals surface area contributed by atoms with Crippen LogP contribution in [0.2, 0.25) is 0 Å². The van der Waals surface area contributed by atoms with E-state index in [0.29, 0.717) is 48.1 Å². The number of aryl methyl sites for hydroxylation is 1. The van der Waals surface area contributed by atoms with E-state index in [1.807, 2.05) is 12.1 Å². The maximum atomic E-state index is 13.4. The lowest BCUT2D eigenvalue weighted by Gasteiger charge is -2.19. The minimum absolute atomic E-state index is 0.182. The lowest BCUT2D eigenvalue weighted by molar-refractivity contribution is -0.121. The molecule has 2 amide bonds. The first-order valence-corrected chi connectivity index (χ1v) is 12.9. The van der Waals surface area contributed by atoms with Crippen LogP contribution in [-0.4, -0.2) is 45.7 Å². The van der Waals surface area contributed by atoms with Crippen molar-refractivity contribution in [2.45, 2.75) is 59.0 Å². The van der Waals surface area contributed by atoms with Gasteiger partial charge in [-0.1, -0.05) is 19.9 Å². The number of hydrogen-bond donors (Lipinski definition) is 3. The zero-order valence-electron chi connectivity index (χ0n) is 23.3. The largest absolute Gasteiger partial charge is 0.493 e. The first-order valence-electron chi connectivity index (χ1n) is 12.9. The van der Waals surface area contributed by atoms with Gasteiger partial charge in [0.1, 0.15) is 6.04 Å². The Hall–Kier alpha value is -3.75. The summed E-state index contributed by atoms with van der Waals surface area (Å²) in [6, 6.07) is 5.93. The third-order valence-electron chi connectivity index (χ3n) is 6.70. The molecule has 0 bridgehead atoms. The third-order valence-corrected chi connectivity index (χ3v) is 6.70. The molecule has 0 unspecified atom stereocenters. The van der Waals surface area contributed by atoms with Gasteiger partial charge in [0.25, 0.3) is 0 Å². The van der Waals surface area contributed by atoms with E-state index in [4.69, 9.17) is 14.2 Å². The van der Waals surface area contributed by atoms with Crippen LogP contribution in [0, 0.1) is 5.92 Å². The summed E-state index contributed by atoms with van der Waals surface area (Å²) in [5.74, 6) is 1.56. The lowest BCUT2D eigenvalue weighted by Crippen LogP contribution is -2.39. The molecule has 0 fully saturated rings. The Morgan fingerprint density at radius 2 is 1.74 bits per heavy atom. The van der Waals surface area contributed by atoms with Gasteiger partial charge in [-0.25, -0.2) is 0 Å². The van der Waals surface area contributed by atoms with E-state index in [1.54, 1.807) is 34.3 Å². The second-order valence-corrected chi connectivity index (χ2v) is 9.94. The zero-order chi connectivity index (χ0) is 28.0. The molecule has 0 saturated carbocycles. The number of carbonyl (C=O) groups excluding carboxylic acids is 2. The van der Waals surface area contributed by atoms with E-state index < -0.39 is 12.1 Å². The summed E-state index contributed by atoms with van der Waals surface area (Å²) in [5.41, 5.74) is 3.11. The van der Waals surface area contributed by atoms with Gasteiger partial charge in [-0.15, -0.1) is 0 Å². The molecule has 2 atom stereocenters. The van der Waals surface area contributed by atoms with Gasteiger partial charge in [0.05, 0.1) is 33.1 Å². The number of amides is 2. The van der Waals surface area contributed by atoms with Crippen molar-refractivity contribution in [1.82, 2.24) is 10.6 Å². The molecule has 0 aliphatic heterocycles. The summed E-state index contributed by atoms with van der Waals surface area (Å²) in [6.45, 7) is 7.94. The van der Waals surface area contributed by atoms with Crippen LogP contribution in [0.4, 0.5) is 5.69 Å². The lowest BCUT2D eigenvalue weighted by atomic mass is 9.95. The van der Waals surface area contributed by atoms with Crippen LogP contribution in [0.3, 0.4) is 0 Å². The van der Waals surface area contributed by atoms with Crippen LogP contribution in [0.25, 0.3) is 11.1 Å². The first-order chi connectivity index (χ1) is 18.1. The van der Waals surface area contributed by atoms with Crippen LogP contribution in [0.5, 0.6) is 17.2 Å². The summed E-state index contributed by atoms with van der Waals surface area (Å²) in [4.78, 5) is 38.1. The molecule has 0 radical (unpaired) electrons. The van der Waals surface area contributed by atoms with Gasteiger partial charge in [0.2, 0.25) is 23.0 Å². The number of rotatable bonds is 10. The van der Waals surface area contributed by atoms with Crippen LogP contribution < -0.4 is 35.6 Å². The summed E-state index contributed by atoms with van der Waals surface area (Å²) in [7, 11) is 4.67. The average molecular weight is 526 g/mol. The normalized spacial score (nSPS) is 14.9. The number of anilines is 1. The van der Waals surface area contributed by atoms with Crippen molar-refractivity contribution in [3.63, 3.8) is 0 Å². The Morgan fingerprint density at radius 3 is 2.34 bits per heavy atom. The molecule has 0 heterocycles. The van der Waals surface area contributed by atoms with Crippen molar-refractivity contribution in [1.29, 1.82) is 0 Å². The minimum Gasteiger partial charge on any atom is -0.493 e. The molecule has 0 saturated heterocycles. The highest BCUT2D eigenvalue weighted by Crippen LogP contribution is 2.50. The predicted molar refractivity (Wildman–Crippen MR) is 148 cm³/mol. The topological polar surface area (TPSA) is 115 Å². The molecule has 1 aliphatic carbocycles. The van der Waals surface area contributed by atoms with E-state index in [1.165, 1.54) is 13.0 Å². The Balaban J connectivity index is 2.14. The van der Waals surface area contributed by atoms with Gasteiger partial charge in [0.15, 0.2) is 11.5 Å². The standard InChI is InChI=1S/C29H39N3O6/c1-16(2)12-13-30-29(35)17(3)31-23-11-9-20-21(15-24(23)34)22(32-18(4)33)10-8-19-14-25(36-5)27(37-6)28(38-7)26(19)20/h9,11,14-17,22H,8,10,12-13H2,1-7H3,(H,30,35)(H,31,34)(H,32,33)/t17-,22-/m0/s1. The summed E-state index contributed by atoms with van der Waals surface area (Å²) in [6.07, 6.45) is 2.06. The van der Waals surface area contributed by atoms with Gasteiger partial charge < -0.3 is 30.2 Å². The van der Waals surface area contributed by atoms with E-state index in [9.17, 15) is 14.4 Å². The number of hydrogen-bond acceptors (Lipinski definition) is 7. The summed E-state index contributed by atoms with van der Waals surface area (Å²) >= 11 is 0. The second-order valence-electron chi connectivity index (χ2n) is 9.94. The quantitative estimate of drug-likeness (QED) is 0.432. The van der Waals surface area contributed by atoms with E-state index >= 15 is 0 Å². The fraction of sp³-hybridized carbons (Fsp3) is 0.483. The van der Waals surface area contributed by atoms with Crippen molar-refractivity contribution in [2.24, 2.45) is 5.92 Å². The van der Waals surface area contributed by atoms with Gasteiger partial charge in [-0.05, 0) is 67.0 Å². The molecular weight excluding hydrogens is 486 g/mol. The van der Waals surface area contributed by atoms with Gasteiger partial charge >= 0.3 is 0 Å². The smallest absolute Gasteiger partial charge is 0.242 e. The van der Waals surface area contributed by atoms with Crippen molar-refractivity contribution < 1.29 is 23.8 Å². The number of fused-ring (bicyclic) bond motifs is 3. The van der Waals surface area contributed by atoms with E-state index in [-0.39, 0.29) is 22.9 Å². The third kappa shape index (κ3) is 6.38. The fourth-order valence-corrected chi connectivity index (χ4v) is 4.76. The highest BCUT2D eigenvalue weighted by Gasteiger charge is 2.29. The van der Waals surface area contributed by atoms with Crippen LogP contribution in [0.1, 0.15) is 57.7 Å². The molecule has 2 aromatic rings. The molecule has 3 N–H and O–H groups in total. The Labute approximate surface area is 224 Å². The molecule has 0 aromatic heterocycles. The molecule has 206 valence electrons. The highest BCUT2D eigenvalue weighted by molar-refractivity contribution is 5.85. The molecule has 9 heteroatoms. The number of methoxy groups -OCH3 is 3. The Bertz CT molecular complexity index is 1240. The van der Waals surface area contributed by atoms with E-state index in [0.717, 1.165) is 23.1 Å². The summed E-state index contributed by atoms with van der Waals surface area (Å²) < 4.78 is 17.0. The second kappa shape index (κ2) is 12.7. The molecule has 0 spiro atoms. The molecule has 2 aromatic carbocycles. The van der Waals surface area contributed by atoms with Crippen molar-refractivity contribution in [3.05, 3.63) is 45.6 Å². The molecule has 3 rings (SSSR count). The van der Waals surface area contributed by atoms with Gasteiger partial charge in [-0.3, -0.25) is 14.4 Å². The summed E-state index contributed by atoms with van der Waals surface area (Å²) in [5, 5.41) is 8.97. The zero-order valence-corrected chi connectivity index (χ0v) is 23.3. The molecule has 1 aliphatic rings. The number of benzene rings is 1.